The second-order valence-electron chi connectivity index (χ2n) is 7.28. The van der Waals surface area contributed by atoms with Gasteiger partial charge in [-0.1, -0.05) is 44.2 Å². The normalized spacial score (nSPS) is 14.8. The van der Waals surface area contributed by atoms with Crippen LogP contribution in [0.5, 0.6) is 0 Å². The van der Waals surface area contributed by atoms with Crippen molar-refractivity contribution in [1.29, 1.82) is 0 Å². The fourth-order valence-electron chi connectivity index (χ4n) is 3.41. The maximum Gasteiger partial charge on any atom is 0.245 e. The first-order chi connectivity index (χ1) is 12.5. The zero-order valence-electron chi connectivity index (χ0n) is 15.4. The van der Waals surface area contributed by atoms with Crippen LogP contribution in [0.1, 0.15) is 36.3 Å². The number of hydrogen-bond donors (Lipinski definition) is 1. The molecule has 0 fully saturated rings. The monoisotopic (exact) mass is 370 g/mol. The second kappa shape index (κ2) is 8.49. The van der Waals surface area contributed by atoms with Gasteiger partial charge in [-0.25, -0.2) is 0 Å². The van der Waals surface area contributed by atoms with Crippen LogP contribution in [0.4, 0.5) is 0 Å². The predicted molar refractivity (Wildman–Crippen MR) is 105 cm³/mol. The smallest absolute Gasteiger partial charge is 0.245 e. The second-order valence-corrected chi connectivity index (χ2v) is 8.32. The number of hydrogen-bond acceptors (Lipinski definition) is 3. The molecule has 0 bridgehead atoms. The Morgan fingerprint density at radius 2 is 1.92 bits per heavy atom. The maximum atomic E-state index is 13.1. The lowest BCUT2D eigenvalue weighted by Gasteiger charge is -2.32. The van der Waals surface area contributed by atoms with Crippen LogP contribution >= 0.6 is 11.3 Å². The predicted octanol–water partition coefficient (Wildman–Crippen LogP) is 3.41. The third-order valence-electron chi connectivity index (χ3n) is 4.70. The molecule has 1 aromatic heterocycles. The van der Waals surface area contributed by atoms with E-state index < -0.39 is 6.04 Å². The molecular weight excluding hydrogens is 344 g/mol. The molecule has 5 heteroatoms. The molecule has 2 aromatic rings. The van der Waals surface area contributed by atoms with Crippen molar-refractivity contribution in [2.24, 2.45) is 5.92 Å². The number of carbonyl (C=O) groups excluding carboxylic acids is 2. The zero-order chi connectivity index (χ0) is 18.5. The quantitative estimate of drug-likeness (QED) is 0.847. The Kier molecular flexibility index (Phi) is 6.09. The van der Waals surface area contributed by atoms with Crippen molar-refractivity contribution in [2.45, 2.75) is 45.7 Å². The number of nitrogens with zero attached hydrogens (tertiary/aromatic N) is 1. The molecule has 1 aliphatic heterocycles. The minimum atomic E-state index is -0.451. The third kappa shape index (κ3) is 4.73. The summed E-state index contributed by atoms with van der Waals surface area (Å²) in [6.45, 7) is 5.50. The molecule has 0 radical (unpaired) electrons. The van der Waals surface area contributed by atoms with Gasteiger partial charge in [0.15, 0.2) is 0 Å². The van der Waals surface area contributed by atoms with Crippen LogP contribution in [0.25, 0.3) is 0 Å². The Bertz CT molecular complexity index is 755. The van der Waals surface area contributed by atoms with Crippen LogP contribution in [0.2, 0.25) is 0 Å². The van der Waals surface area contributed by atoms with Crippen molar-refractivity contribution in [3.05, 3.63) is 57.8 Å². The summed E-state index contributed by atoms with van der Waals surface area (Å²) in [6, 6.07) is 11.7. The molecule has 0 unspecified atom stereocenters. The average molecular weight is 371 g/mol. The largest absolute Gasteiger partial charge is 0.344 e. The topological polar surface area (TPSA) is 49.4 Å². The molecule has 1 atom stereocenters. The number of nitrogens with one attached hydrogen (secondary N) is 1. The minimum Gasteiger partial charge on any atom is -0.344 e. The summed E-state index contributed by atoms with van der Waals surface area (Å²) >= 11 is 1.56. The number of benzene rings is 1. The molecule has 2 heterocycles. The van der Waals surface area contributed by atoms with Gasteiger partial charge in [0.05, 0.1) is 6.42 Å². The van der Waals surface area contributed by atoms with Crippen molar-refractivity contribution in [3.8, 4) is 0 Å². The van der Waals surface area contributed by atoms with Crippen LogP contribution < -0.4 is 5.32 Å². The zero-order valence-corrected chi connectivity index (χ0v) is 16.2. The summed E-state index contributed by atoms with van der Waals surface area (Å²) in [5.41, 5.74) is 2.53. The Hall–Kier alpha value is -2.14. The maximum absolute atomic E-state index is 13.1. The molecule has 0 saturated heterocycles. The van der Waals surface area contributed by atoms with E-state index in [-0.39, 0.29) is 11.8 Å². The van der Waals surface area contributed by atoms with Gasteiger partial charge < -0.3 is 10.2 Å². The van der Waals surface area contributed by atoms with E-state index in [1.165, 1.54) is 11.1 Å². The Morgan fingerprint density at radius 3 is 2.62 bits per heavy atom. The van der Waals surface area contributed by atoms with Gasteiger partial charge >= 0.3 is 0 Å². The molecule has 26 heavy (non-hydrogen) atoms. The van der Waals surface area contributed by atoms with Crippen LogP contribution in [-0.4, -0.2) is 29.3 Å². The molecule has 1 aromatic carbocycles. The van der Waals surface area contributed by atoms with Gasteiger partial charge in [0.25, 0.3) is 0 Å². The van der Waals surface area contributed by atoms with E-state index >= 15 is 0 Å². The first-order valence-corrected chi connectivity index (χ1v) is 10.1. The molecule has 138 valence electrons. The molecule has 3 rings (SSSR count). The molecule has 0 aliphatic carbocycles. The van der Waals surface area contributed by atoms with Gasteiger partial charge in [0.1, 0.15) is 6.04 Å². The summed E-state index contributed by atoms with van der Waals surface area (Å²) in [5.74, 6) is 0.291. The molecule has 0 spiro atoms. The highest BCUT2D eigenvalue weighted by Gasteiger charge is 2.29. The lowest BCUT2D eigenvalue weighted by Crippen LogP contribution is -2.50. The highest BCUT2D eigenvalue weighted by Crippen LogP contribution is 2.20. The number of thiophene rings is 1. The SMILES string of the molecule is CC(C)C[C@H](NC(=O)Cc1cccs1)C(=O)N1CCc2ccccc2C1. The summed E-state index contributed by atoms with van der Waals surface area (Å²) in [6.07, 6.45) is 1.87. The fraction of sp³-hybridized carbons (Fsp3) is 0.429. The lowest BCUT2D eigenvalue weighted by atomic mass is 9.97. The Labute approximate surface area is 159 Å². The number of rotatable bonds is 6. The van der Waals surface area contributed by atoms with Crippen LogP contribution in [-0.2, 0) is 29.0 Å². The number of carbonyl (C=O) groups is 2. The summed E-state index contributed by atoms with van der Waals surface area (Å²) in [7, 11) is 0. The summed E-state index contributed by atoms with van der Waals surface area (Å²) in [5, 5.41) is 4.95. The molecule has 4 nitrogen and oxygen atoms in total. The van der Waals surface area contributed by atoms with Gasteiger partial charge in [0, 0.05) is 18.0 Å². The standard InChI is InChI=1S/C21H26N2O2S/c1-15(2)12-19(22-20(24)13-18-8-5-11-26-18)21(25)23-10-9-16-6-3-4-7-17(16)14-23/h3-8,11,15,19H,9-10,12-14H2,1-2H3,(H,22,24)/t19-/m0/s1. The van der Waals surface area contributed by atoms with E-state index in [0.29, 0.717) is 31.8 Å². The molecule has 2 amide bonds. The first kappa shape index (κ1) is 18.6. The van der Waals surface area contributed by atoms with Gasteiger partial charge in [-0.2, -0.15) is 0 Å². The summed E-state index contributed by atoms with van der Waals surface area (Å²) < 4.78 is 0. The molecule has 1 N–H and O–H groups in total. The lowest BCUT2D eigenvalue weighted by molar-refractivity contribution is -0.137. The third-order valence-corrected chi connectivity index (χ3v) is 5.57. The van der Waals surface area contributed by atoms with Crippen molar-refractivity contribution in [1.82, 2.24) is 10.2 Å². The van der Waals surface area contributed by atoms with E-state index in [4.69, 9.17) is 0 Å². The first-order valence-electron chi connectivity index (χ1n) is 9.20. The van der Waals surface area contributed by atoms with Gasteiger partial charge in [-0.3, -0.25) is 9.59 Å². The fourth-order valence-corrected chi connectivity index (χ4v) is 4.12. The highest BCUT2D eigenvalue weighted by atomic mass is 32.1. The van der Waals surface area contributed by atoms with E-state index in [2.05, 4.69) is 31.3 Å². The molecule has 1 aliphatic rings. The van der Waals surface area contributed by atoms with Crippen molar-refractivity contribution in [2.75, 3.05) is 6.54 Å². The van der Waals surface area contributed by atoms with Crippen molar-refractivity contribution in [3.63, 3.8) is 0 Å². The van der Waals surface area contributed by atoms with Gasteiger partial charge in [-0.05, 0) is 41.3 Å². The molecule has 0 saturated carbocycles. The van der Waals surface area contributed by atoms with Crippen LogP contribution in [0.3, 0.4) is 0 Å². The van der Waals surface area contributed by atoms with Crippen LogP contribution in [0.15, 0.2) is 41.8 Å². The average Bonchev–Trinajstić information content (AvgIpc) is 3.12. The van der Waals surface area contributed by atoms with Gasteiger partial charge in [0.2, 0.25) is 11.8 Å². The summed E-state index contributed by atoms with van der Waals surface area (Å²) in [4.78, 5) is 28.4. The molecular formula is C21H26N2O2S. The van der Waals surface area contributed by atoms with Gasteiger partial charge in [-0.15, -0.1) is 11.3 Å². The van der Waals surface area contributed by atoms with E-state index in [9.17, 15) is 9.59 Å². The van der Waals surface area contributed by atoms with Crippen molar-refractivity contribution >= 4 is 23.2 Å². The number of amides is 2. The van der Waals surface area contributed by atoms with E-state index in [1.54, 1.807) is 11.3 Å². The van der Waals surface area contributed by atoms with E-state index in [1.807, 2.05) is 34.5 Å². The Morgan fingerprint density at radius 1 is 1.15 bits per heavy atom. The van der Waals surface area contributed by atoms with Crippen LogP contribution in [0, 0.1) is 5.92 Å². The van der Waals surface area contributed by atoms with E-state index in [0.717, 1.165) is 11.3 Å². The van der Waals surface area contributed by atoms with Crippen molar-refractivity contribution < 1.29 is 9.59 Å². The number of fused-ring (bicyclic) bond motifs is 1. The Balaban J connectivity index is 1.66. The minimum absolute atomic E-state index is 0.0349. The highest BCUT2D eigenvalue weighted by molar-refractivity contribution is 7.10.